The summed E-state index contributed by atoms with van der Waals surface area (Å²) in [7, 11) is 0. The summed E-state index contributed by atoms with van der Waals surface area (Å²) >= 11 is 4.97. The van der Waals surface area contributed by atoms with Crippen molar-refractivity contribution in [2.75, 3.05) is 5.32 Å². The lowest BCUT2D eigenvalue weighted by atomic mass is 9.99. The maximum atomic E-state index is 5.63. The van der Waals surface area contributed by atoms with Gasteiger partial charge in [-0.3, -0.25) is 0 Å². The molecule has 1 aromatic heterocycles. The van der Waals surface area contributed by atoms with E-state index in [0.29, 0.717) is 0 Å². The van der Waals surface area contributed by atoms with Crippen LogP contribution in [0.25, 0.3) is 22.2 Å². The molecular formula is C26H28N4S. The molecule has 5 heteroatoms. The number of nitrogens with one attached hydrogen (secondary N) is 1. The quantitative estimate of drug-likeness (QED) is 0.351. The van der Waals surface area contributed by atoms with Crippen molar-refractivity contribution in [2.45, 2.75) is 39.7 Å². The second kappa shape index (κ2) is 9.31. The van der Waals surface area contributed by atoms with Crippen LogP contribution in [-0.2, 0) is 13.0 Å². The molecule has 4 nitrogen and oxygen atoms in total. The van der Waals surface area contributed by atoms with Crippen LogP contribution in [0.3, 0.4) is 0 Å². The molecule has 158 valence electrons. The van der Waals surface area contributed by atoms with Gasteiger partial charge in [-0.1, -0.05) is 61.9 Å². The molecule has 0 radical (unpaired) electrons. The zero-order valence-electron chi connectivity index (χ0n) is 18.1. The molecule has 4 rings (SSSR count). The third kappa shape index (κ3) is 4.78. The molecule has 0 unspecified atom stereocenters. The molecule has 0 spiro atoms. The number of hydrogen-bond acceptors (Lipinski definition) is 2. The van der Waals surface area contributed by atoms with Crippen molar-refractivity contribution in [2.24, 2.45) is 5.73 Å². The van der Waals surface area contributed by atoms with Crippen molar-refractivity contribution < 1.29 is 0 Å². The lowest BCUT2D eigenvalue weighted by Gasteiger charge is -2.11. The van der Waals surface area contributed by atoms with E-state index in [-0.39, 0.29) is 5.11 Å². The molecule has 3 aromatic carbocycles. The molecule has 3 N–H and O–H groups in total. The molecule has 0 atom stereocenters. The Balaban J connectivity index is 1.66. The number of hydrogen-bond donors (Lipinski definition) is 2. The van der Waals surface area contributed by atoms with Crippen LogP contribution in [0.1, 0.15) is 36.7 Å². The predicted molar refractivity (Wildman–Crippen MR) is 134 cm³/mol. The van der Waals surface area contributed by atoms with Crippen LogP contribution in [0.5, 0.6) is 0 Å². The molecule has 0 aliphatic carbocycles. The van der Waals surface area contributed by atoms with Crippen molar-refractivity contribution in [3.8, 4) is 11.1 Å². The van der Waals surface area contributed by atoms with Crippen LogP contribution in [0.4, 0.5) is 5.69 Å². The van der Waals surface area contributed by atoms with E-state index in [0.717, 1.165) is 48.4 Å². The van der Waals surface area contributed by atoms with Crippen LogP contribution in [-0.4, -0.2) is 14.7 Å². The molecular weight excluding hydrogens is 400 g/mol. The van der Waals surface area contributed by atoms with Gasteiger partial charge in [0.2, 0.25) is 0 Å². The van der Waals surface area contributed by atoms with Crippen molar-refractivity contribution in [1.29, 1.82) is 0 Å². The lowest BCUT2D eigenvalue weighted by Crippen LogP contribution is -2.18. The number of anilines is 1. The largest absolute Gasteiger partial charge is 0.376 e. The first kappa shape index (κ1) is 21.1. The maximum Gasteiger partial charge on any atom is 0.168 e. The Morgan fingerprint density at radius 1 is 1.06 bits per heavy atom. The molecule has 0 aliphatic heterocycles. The monoisotopic (exact) mass is 428 g/mol. The van der Waals surface area contributed by atoms with Crippen molar-refractivity contribution in [3.63, 3.8) is 0 Å². The Hall–Kier alpha value is -3.18. The Labute approximate surface area is 189 Å². The number of nitrogens with two attached hydrogens (primary N) is 1. The highest BCUT2D eigenvalue weighted by Gasteiger charge is 2.12. The predicted octanol–water partition coefficient (Wildman–Crippen LogP) is 6.06. The Kier molecular flexibility index (Phi) is 6.33. The second-order valence-corrected chi connectivity index (χ2v) is 8.36. The molecule has 0 amide bonds. The van der Waals surface area contributed by atoms with Gasteiger partial charge >= 0.3 is 0 Å². The van der Waals surface area contributed by atoms with Crippen LogP contribution >= 0.6 is 12.2 Å². The van der Waals surface area contributed by atoms with Gasteiger partial charge in [-0.25, -0.2) is 4.98 Å². The van der Waals surface area contributed by atoms with Gasteiger partial charge in [0.1, 0.15) is 5.82 Å². The maximum absolute atomic E-state index is 5.63. The second-order valence-electron chi connectivity index (χ2n) is 7.92. The van der Waals surface area contributed by atoms with E-state index in [1.807, 2.05) is 12.1 Å². The standard InChI is InChI=1S/C26H28N4S/c1-3-4-9-25-29-23-16-21(28-26(27)31)14-15-24(23)30(25)17-19-10-12-20(13-11-19)22-8-6-5-7-18(22)2/h5-8,10-16H,3-4,9,17H2,1-2H3,(H3,27,28,31). The highest BCUT2D eigenvalue weighted by Crippen LogP contribution is 2.26. The summed E-state index contributed by atoms with van der Waals surface area (Å²) in [5.41, 5.74) is 13.7. The van der Waals surface area contributed by atoms with Gasteiger partial charge in [0, 0.05) is 18.7 Å². The minimum absolute atomic E-state index is 0.263. The summed E-state index contributed by atoms with van der Waals surface area (Å²) in [4.78, 5) is 4.93. The summed E-state index contributed by atoms with van der Waals surface area (Å²) in [5.74, 6) is 1.12. The first-order valence-electron chi connectivity index (χ1n) is 10.8. The number of aryl methyl sites for hydroxylation is 2. The number of benzene rings is 3. The number of rotatable bonds is 7. The van der Waals surface area contributed by atoms with Gasteiger partial charge < -0.3 is 15.6 Å². The third-order valence-corrected chi connectivity index (χ3v) is 5.70. The van der Waals surface area contributed by atoms with Crippen molar-refractivity contribution in [1.82, 2.24) is 9.55 Å². The van der Waals surface area contributed by atoms with Crippen LogP contribution < -0.4 is 11.1 Å². The molecule has 1 heterocycles. The first-order valence-corrected chi connectivity index (χ1v) is 11.2. The lowest BCUT2D eigenvalue weighted by molar-refractivity contribution is 0.690. The molecule has 0 saturated carbocycles. The van der Waals surface area contributed by atoms with E-state index in [4.69, 9.17) is 22.9 Å². The van der Waals surface area contributed by atoms with Gasteiger partial charge in [0.25, 0.3) is 0 Å². The summed E-state index contributed by atoms with van der Waals surface area (Å²) in [5, 5.41) is 3.27. The topological polar surface area (TPSA) is 55.9 Å². The number of thiocarbonyl (C=S) groups is 1. The van der Waals surface area contributed by atoms with Crippen molar-refractivity contribution >= 4 is 34.1 Å². The SMILES string of the molecule is CCCCc1nc2cc(NC(N)=S)ccc2n1Cc1ccc(-c2ccccc2C)cc1. The first-order chi connectivity index (χ1) is 15.0. The van der Waals surface area contributed by atoms with E-state index in [2.05, 4.69) is 78.3 Å². The smallest absolute Gasteiger partial charge is 0.168 e. The highest BCUT2D eigenvalue weighted by atomic mass is 32.1. The normalized spacial score (nSPS) is 11.0. The van der Waals surface area contributed by atoms with Crippen molar-refractivity contribution in [3.05, 3.63) is 83.7 Å². The van der Waals surface area contributed by atoms with E-state index in [1.54, 1.807) is 0 Å². The number of unbranched alkanes of at least 4 members (excludes halogenated alkanes) is 1. The molecule has 0 fully saturated rings. The fourth-order valence-electron chi connectivity index (χ4n) is 3.97. The zero-order valence-corrected chi connectivity index (χ0v) is 18.9. The third-order valence-electron chi connectivity index (χ3n) is 5.60. The summed E-state index contributed by atoms with van der Waals surface area (Å²) < 4.78 is 2.33. The van der Waals surface area contributed by atoms with Crippen LogP contribution in [0.15, 0.2) is 66.7 Å². The van der Waals surface area contributed by atoms with Gasteiger partial charge in [-0.2, -0.15) is 0 Å². The number of imidazole rings is 1. The van der Waals surface area contributed by atoms with Gasteiger partial charge in [0.05, 0.1) is 11.0 Å². The number of nitrogens with zero attached hydrogens (tertiary/aromatic N) is 2. The molecule has 0 aliphatic rings. The Morgan fingerprint density at radius 3 is 2.55 bits per heavy atom. The van der Waals surface area contributed by atoms with E-state index in [9.17, 15) is 0 Å². The van der Waals surface area contributed by atoms with E-state index < -0.39 is 0 Å². The molecule has 0 bridgehead atoms. The summed E-state index contributed by atoms with van der Waals surface area (Å²) in [6.07, 6.45) is 3.22. The van der Waals surface area contributed by atoms with E-state index in [1.165, 1.54) is 22.3 Å². The zero-order chi connectivity index (χ0) is 21.8. The van der Waals surface area contributed by atoms with Gasteiger partial charge in [0.15, 0.2) is 5.11 Å². The Bertz CT molecular complexity index is 1210. The fourth-order valence-corrected chi connectivity index (χ4v) is 4.09. The molecule has 4 aromatic rings. The molecule has 0 saturated heterocycles. The van der Waals surface area contributed by atoms with Crippen LogP contribution in [0, 0.1) is 6.92 Å². The number of aromatic nitrogens is 2. The minimum Gasteiger partial charge on any atom is -0.376 e. The Morgan fingerprint density at radius 2 is 1.84 bits per heavy atom. The molecule has 31 heavy (non-hydrogen) atoms. The minimum atomic E-state index is 0.263. The highest BCUT2D eigenvalue weighted by molar-refractivity contribution is 7.80. The summed E-state index contributed by atoms with van der Waals surface area (Å²) in [6, 6.07) is 23.5. The average molecular weight is 429 g/mol. The summed E-state index contributed by atoms with van der Waals surface area (Å²) in [6.45, 7) is 5.16. The number of fused-ring (bicyclic) bond motifs is 1. The van der Waals surface area contributed by atoms with Gasteiger partial charge in [-0.15, -0.1) is 0 Å². The van der Waals surface area contributed by atoms with Crippen LogP contribution in [0.2, 0.25) is 0 Å². The van der Waals surface area contributed by atoms with E-state index >= 15 is 0 Å². The van der Waals surface area contributed by atoms with Gasteiger partial charge in [-0.05, 0) is 66.0 Å². The average Bonchev–Trinajstić information content (AvgIpc) is 3.09. The fraction of sp³-hybridized carbons (Fsp3) is 0.231.